The van der Waals surface area contributed by atoms with E-state index in [1.54, 1.807) is 0 Å². The number of likely N-dealkylation sites (tertiary alicyclic amines) is 1. The monoisotopic (exact) mass is 329 g/mol. The number of hydrazone groups is 1. The van der Waals surface area contributed by atoms with Gasteiger partial charge in [-0.15, -0.1) is 0 Å². The van der Waals surface area contributed by atoms with Crippen molar-refractivity contribution in [3.05, 3.63) is 36.0 Å². The highest BCUT2D eigenvalue weighted by Gasteiger charge is 2.10. The fourth-order valence-corrected chi connectivity index (χ4v) is 3.09. The van der Waals surface area contributed by atoms with Crippen LogP contribution in [0.5, 0.6) is 0 Å². The van der Waals surface area contributed by atoms with Gasteiger partial charge in [0.1, 0.15) is 0 Å². The molecule has 5 nitrogen and oxygen atoms in total. The first-order chi connectivity index (χ1) is 11.2. The summed E-state index contributed by atoms with van der Waals surface area (Å²) in [5.41, 5.74) is 6.05. The molecule has 6 heteroatoms. The van der Waals surface area contributed by atoms with Crippen LogP contribution in [0.1, 0.15) is 25.3 Å². The summed E-state index contributed by atoms with van der Waals surface area (Å²) in [6, 6.07) is 8.20. The van der Waals surface area contributed by atoms with Crippen molar-refractivity contribution in [3.63, 3.8) is 0 Å². The molecule has 0 saturated carbocycles. The third-order valence-electron chi connectivity index (χ3n) is 4.22. The van der Waals surface area contributed by atoms with E-state index in [1.807, 2.05) is 25.3 Å². The van der Waals surface area contributed by atoms with Crippen LogP contribution in [0, 0.1) is 0 Å². The molecule has 0 amide bonds. The van der Waals surface area contributed by atoms with E-state index in [0.717, 1.165) is 29.9 Å². The third kappa shape index (κ3) is 4.09. The minimum Gasteiger partial charge on any atom is -0.360 e. The van der Waals surface area contributed by atoms with Gasteiger partial charge in [0, 0.05) is 35.8 Å². The first kappa shape index (κ1) is 16.0. The van der Waals surface area contributed by atoms with Crippen LogP contribution in [-0.2, 0) is 0 Å². The van der Waals surface area contributed by atoms with Gasteiger partial charge >= 0.3 is 0 Å². The van der Waals surface area contributed by atoms with Crippen LogP contribution >= 0.6 is 12.2 Å². The number of benzene rings is 1. The van der Waals surface area contributed by atoms with Crippen LogP contribution < -0.4 is 10.7 Å². The van der Waals surface area contributed by atoms with Gasteiger partial charge in [0.25, 0.3) is 0 Å². The predicted octanol–water partition coefficient (Wildman–Crippen LogP) is 2.45. The van der Waals surface area contributed by atoms with Crippen molar-refractivity contribution in [2.24, 2.45) is 5.10 Å². The summed E-state index contributed by atoms with van der Waals surface area (Å²) in [6.45, 7) is 6.29. The van der Waals surface area contributed by atoms with E-state index >= 15 is 0 Å². The Kier molecular flexibility index (Phi) is 5.25. The first-order valence-electron chi connectivity index (χ1n) is 8.11. The molecule has 3 rings (SSSR count). The molecule has 2 aromatic rings. The number of nitrogens with one attached hydrogen (secondary N) is 3. The lowest BCUT2D eigenvalue weighted by molar-refractivity contribution is 0.343. The smallest absolute Gasteiger partial charge is 0.187 e. The van der Waals surface area contributed by atoms with Crippen LogP contribution in [0.25, 0.3) is 10.9 Å². The lowest BCUT2D eigenvalue weighted by Gasteiger charge is -2.15. The molecular weight excluding hydrogens is 306 g/mol. The molecular formula is C17H23N5S. The molecule has 0 unspecified atom stereocenters. The fraction of sp³-hybridized carbons (Fsp3) is 0.412. The number of hydrogen-bond donors (Lipinski definition) is 3. The maximum Gasteiger partial charge on any atom is 0.187 e. The zero-order valence-corrected chi connectivity index (χ0v) is 14.2. The summed E-state index contributed by atoms with van der Waals surface area (Å²) < 4.78 is 0. The molecule has 1 fully saturated rings. The number of aromatic nitrogens is 1. The molecule has 1 aliphatic rings. The first-order valence-corrected chi connectivity index (χ1v) is 8.52. The zero-order valence-electron chi connectivity index (χ0n) is 13.4. The molecule has 0 radical (unpaired) electrons. The summed E-state index contributed by atoms with van der Waals surface area (Å²) in [4.78, 5) is 5.71. The number of fused-ring (bicyclic) bond motifs is 1. The number of rotatable bonds is 5. The Morgan fingerprint density at radius 2 is 2.09 bits per heavy atom. The molecule has 122 valence electrons. The van der Waals surface area contributed by atoms with Gasteiger partial charge in [-0.25, -0.2) is 0 Å². The highest BCUT2D eigenvalue weighted by atomic mass is 32.1. The summed E-state index contributed by atoms with van der Waals surface area (Å²) in [7, 11) is 0. The molecule has 2 heterocycles. The van der Waals surface area contributed by atoms with Gasteiger partial charge in [0.2, 0.25) is 0 Å². The number of H-pyrrole nitrogens is 1. The Hall–Kier alpha value is -1.92. The summed E-state index contributed by atoms with van der Waals surface area (Å²) in [5, 5.41) is 9.35. The second-order valence-electron chi connectivity index (χ2n) is 5.86. The topological polar surface area (TPSA) is 55.5 Å². The van der Waals surface area contributed by atoms with Gasteiger partial charge in [-0.3, -0.25) is 5.43 Å². The van der Waals surface area contributed by atoms with Crippen LogP contribution in [0.4, 0.5) is 0 Å². The average Bonchev–Trinajstić information content (AvgIpc) is 3.22. The molecule has 0 bridgehead atoms. The molecule has 1 aromatic heterocycles. The Labute approximate surface area is 142 Å². The second-order valence-corrected chi connectivity index (χ2v) is 6.27. The van der Waals surface area contributed by atoms with Gasteiger partial charge in [0.15, 0.2) is 5.11 Å². The van der Waals surface area contributed by atoms with Crippen molar-refractivity contribution in [1.29, 1.82) is 0 Å². The van der Waals surface area contributed by atoms with E-state index in [1.165, 1.54) is 31.3 Å². The molecule has 0 atom stereocenters. The van der Waals surface area contributed by atoms with Crippen LogP contribution in [0.3, 0.4) is 0 Å². The Morgan fingerprint density at radius 1 is 1.30 bits per heavy atom. The summed E-state index contributed by atoms with van der Waals surface area (Å²) >= 11 is 5.28. The van der Waals surface area contributed by atoms with Crippen molar-refractivity contribution in [2.45, 2.75) is 19.8 Å². The van der Waals surface area contributed by atoms with Gasteiger partial charge in [-0.2, -0.15) is 5.10 Å². The van der Waals surface area contributed by atoms with Gasteiger partial charge in [-0.1, -0.05) is 18.2 Å². The third-order valence-corrected chi connectivity index (χ3v) is 4.45. The summed E-state index contributed by atoms with van der Waals surface area (Å²) in [5.74, 6) is 0. The number of hydrogen-bond acceptors (Lipinski definition) is 3. The Bertz CT molecular complexity index is 700. The highest BCUT2D eigenvalue weighted by molar-refractivity contribution is 7.80. The fourth-order valence-electron chi connectivity index (χ4n) is 2.94. The normalized spacial score (nSPS) is 16.0. The number of aromatic amines is 1. The molecule has 1 aliphatic heterocycles. The largest absolute Gasteiger partial charge is 0.360 e. The molecule has 0 spiro atoms. The number of para-hydroxylation sites is 1. The predicted molar refractivity (Wildman–Crippen MR) is 99.9 cm³/mol. The SMILES string of the molecule is C/C(=N\NC(=S)NCCN1CCCC1)c1c[nH]c2ccccc12. The Balaban J connectivity index is 1.51. The lowest BCUT2D eigenvalue weighted by Crippen LogP contribution is -2.38. The van der Waals surface area contributed by atoms with Crippen molar-refractivity contribution in [3.8, 4) is 0 Å². The number of thiocarbonyl (C=S) groups is 1. The molecule has 0 aliphatic carbocycles. The second kappa shape index (κ2) is 7.57. The van der Waals surface area contributed by atoms with Gasteiger partial charge < -0.3 is 15.2 Å². The summed E-state index contributed by atoms with van der Waals surface area (Å²) in [6.07, 6.45) is 4.61. The quantitative estimate of drug-likeness (QED) is 0.448. The van der Waals surface area contributed by atoms with E-state index in [-0.39, 0.29) is 0 Å². The van der Waals surface area contributed by atoms with Crippen LogP contribution in [0.15, 0.2) is 35.6 Å². The lowest BCUT2D eigenvalue weighted by atomic mass is 10.1. The van der Waals surface area contributed by atoms with Gasteiger partial charge in [0.05, 0.1) is 5.71 Å². The van der Waals surface area contributed by atoms with E-state index in [0.29, 0.717) is 5.11 Å². The maximum atomic E-state index is 5.28. The minimum absolute atomic E-state index is 0.573. The molecule has 3 N–H and O–H groups in total. The standard InChI is InChI=1S/C17H23N5S/c1-13(15-12-19-16-7-3-2-6-14(15)16)20-21-17(23)18-8-11-22-9-4-5-10-22/h2-3,6-7,12,19H,4-5,8-11H2,1H3,(H2,18,21,23)/b20-13+. The van der Waals surface area contributed by atoms with Crippen molar-refractivity contribution < 1.29 is 0 Å². The van der Waals surface area contributed by atoms with E-state index in [4.69, 9.17) is 12.2 Å². The maximum absolute atomic E-state index is 5.28. The van der Waals surface area contributed by atoms with Crippen LogP contribution in [0.2, 0.25) is 0 Å². The molecule has 1 aromatic carbocycles. The molecule has 1 saturated heterocycles. The minimum atomic E-state index is 0.573. The highest BCUT2D eigenvalue weighted by Crippen LogP contribution is 2.18. The van der Waals surface area contributed by atoms with Crippen molar-refractivity contribution in [2.75, 3.05) is 26.2 Å². The van der Waals surface area contributed by atoms with E-state index in [9.17, 15) is 0 Å². The molecule has 23 heavy (non-hydrogen) atoms. The number of nitrogens with zero attached hydrogens (tertiary/aromatic N) is 2. The van der Waals surface area contributed by atoms with E-state index < -0.39 is 0 Å². The zero-order chi connectivity index (χ0) is 16.1. The van der Waals surface area contributed by atoms with Crippen molar-refractivity contribution in [1.82, 2.24) is 20.6 Å². The van der Waals surface area contributed by atoms with Gasteiger partial charge in [-0.05, 0) is 51.1 Å². The van der Waals surface area contributed by atoms with E-state index in [2.05, 4.69) is 37.9 Å². The van der Waals surface area contributed by atoms with Crippen molar-refractivity contribution >= 4 is 33.9 Å². The Morgan fingerprint density at radius 3 is 2.91 bits per heavy atom. The average molecular weight is 329 g/mol. The van der Waals surface area contributed by atoms with Crippen LogP contribution in [-0.4, -0.2) is 46.9 Å².